The van der Waals surface area contributed by atoms with Gasteiger partial charge in [-0.05, 0) is 31.0 Å². The fourth-order valence-corrected chi connectivity index (χ4v) is 2.93. The third-order valence-corrected chi connectivity index (χ3v) is 4.29. The average molecular weight is 293 g/mol. The van der Waals surface area contributed by atoms with Gasteiger partial charge in [0.25, 0.3) is 0 Å². The van der Waals surface area contributed by atoms with Crippen LogP contribution in [0.25, 0.3) is 0 Å². The van der Waals surface area contributed by atoms with Crippen LogP contribution in [0.2, 0.25) is 5.02 Å². The summed E-state index contributed by atoms with van der Waals surface area (Å²) in [6.45, 7) is 0.369. The summed E-state index contributed by atoms with van der Waals surface area (Å²) in [6.07, 6.45) is 4.41. The summed E-state index contributed by atoms with van der Waals surface area (Å²) >= 11 is 6.09. The molecule has 1 aromatic carbocycles. The number of hydrogen-bond acceptors (Lipinski definition) is 3. The number of hydrogen-bond donors (Lipinski definition) is 2. The van der Waals surface area contributed by atoms with Gasteiger partial charge in [0.1, 0.15) is 0 Å². The van der Waals surface area contributed by atoms with Crippen LogP contribution in [0, 0.1) is 16.7 Å². The quantitative estimate of drug-likeness (QED) is 0.888. The van der Waals surface area contributed by atoms with Crippen molar-refractivity contribution < 1.29 is 9.90 Å². The molecule has 0 aliphatic heterocycles. The second-order valence-electron chi connectivity index (χ2n) is 5.31. The highest BCUT2D eigenvalue weighted by molar-refractivity contribution is 6.33. The molecule has 1 saturated carbocycles. The standard InChI is InChI=1S/C15H17ClN2O2/c16-12-8-11(9-17)4-5-13(12)18-10-15(14(19)20)6-2-1-3-7-15/h4-5,8,18H,1-3,6-7,10H2,(H,19,20). The lowest BCUT2D eigenvalue weighted by Gasteiger charge is -2.33. The van der Waals surface area contributed by atoms with E-state index in [1.54, 1.807) is 18.2 Å². The summed E-state index contributed by atoms with van der Waals surface area (Å²) in [6, 6.07) is 6.99. The Kier molecular flexibility index (Phi) is 4.51. The number of benzene rings is 1. The summed E-state index contributed by atoms with van der Waals surface area (Å²) in [5.74, 6) is -0.741. The van der Waals surface area contributed by atoms with Gasteiger partial charge in [-0.15, -0.1) is 0 Å². The minimum absolute atomic E-state index is 0.369. The Bertz CT molecular complexity index is 545. The Morgan fingerprint density at radius 2 is 2.10 bits per heavy atom. The Morgan fingerprint density at radius 3 is 2.65 bits per heavy atom. The van der Waals surface area contributed by atoms with Crippen LogP contribution >= 0.6 is 11.6 Å². The number of aliphatic carboxylic acids is 1. The first-order valence-electron chi connectivity index (χ1n) is 6.74. The maximum atomic E-state index is 11.6. The van der Waals surface area contributed by atoms with Crippen molar-refractivity contribution >= 4 is 23.3 Å². The van der Waals surface area contributed by atoms with E-state index in [0.29, 0.717) is 35.7 Å². The summed E-state index contributed by atoms with van der Waals surface area (Å²) in [7, 11) is 0. The third-order valence-electron chi connectivity index (χ3n) is 3.98. The molecule has 0 heterocycles. The fraction of sp³-hybridized carbons (Fsp3) is 0.467. The molecular formula is C15H17ClN2O2. The van der Waals surface area contributed by atoms with Gasteiger partial charge in [-0.2, -0.15) is 5.26 Å². The van der Waals surface area contributed by atoms with Gasteiger partial charge in [-0.25, -0.2) is 0 Å². The molecule has 4 nitrogen and oxygen atoms in total. The highest BCUT2D eigenvalue weighted by atomic mass is 35.5. The zero-order valence-electron chi connectivity index (χ0n) is 11.2. The maximum Gasteiger partial charge on any atom is 0.311 e. The molecule has 106 valence electrons. The first-order valence-corrected chi connectivity index (χ1v) is 7.12. The first kappa shape index (κ1) is 14.7. The minimum atomic E-state index is -0.741. The maximum absolute atomic E-state index is 11.6. The van der Waals surface area contributed by atoms with Gasteiger partial charge in [0.05, 0.1) is 27.8 Å². The van der Waals surface area contributed by atoms with Gasteiger partial charge in [-0.3, -0.25) is 4.79 Å². The number of nitriles is 1. The number of anilines is 1. The molecule has 0 unspecified atom stereocenters. The van der Waals surface area contributed by atoms with Crippen molar-refractivity contribution in [1.29, 1.82) is 5.26 Å². The molecule has 0 aromatic heterocycles. The molecule has 5 heteroatoms. The zero-order chi connectivity index (χ0) is 14.6. The summed E-state index contributed by atoms with van der Waals surface area (Å²) < 4.78 is 0. The van der Waals surface area contributed by atoms with E-state index in [9.17, 15) is 9.90 Å². The van der Waals surface area contributed by atoms with Crippen LogP contribution in [0.3, 0.4) is 0 Å². The van der Waals surface area contributed by atoms with Gasteiger partial charge in [0.2, 0.25) is 0 Å². The van der Waals surface area contributed by atoms with E-state index in [1.165, 1.54) is 0 Å². The average Bonchev–Trinajstić information content (AvgIpc) is 2.46. The van der Waals surface area contributed by atoms with Gasteiger partial charge < -0.3 is 10.4 Å². The third kappa shape index (κ3) is 3.05. The second-order valence-corrected chi connectivity index (χ2v) is 5.71. The molecule has 0 amide bonds. The number of nitrogens with zero attached hydrogens (tertiary/aromatic N) is 1. The van der Waals surface area contributed by atoms with Crippen LogP contribution in [0.15, 0.2) is 18.2 Å². The number of carbonyl (C=O) groups is 1. The van der Waals surface area contributed by atoms with Crippen molar-refractivity contribution in [3.05, 3.63) is 28.8 Å². The molecule has 2 rings (SSSR count). The Balaban J connectivity index is 2.10. The summed E-state index contributed by atoms with van der Waals surface area (Å²) in [5, 5.41) is 21.9. The van der Waals surface area contributed by atoms with Gasteiger partial charge in [0, 0.05) is 6.54 Å². The van der Waals surface area contributed by atoms with Crippen molar-refractivity contribution in [1.82, 2.24) is 0 Å². The van der Waals surface area contributed by atoms with Crippen molar-refractivity contribution in [2.45, 2.75) is 32.1 Å². The number of nitrogens with one attached hydrogen (secondary N) is 1. The van der Waals surface area contributed by atoms with Crippen LogP contribution in [-0.2, 0) is 4.79 Å². The SMILES string of the molecule is N#Cc1ccc(NCC2(C(=O)O)CCCCC2)c(Cl)c1. The van der Waals surface area contributed by atoms with Crippen LogP contribution in [0.1, 0.15) is 37.7 Å². The molecular weight excluding hydrogens is 276 g/mol. The topological polar surface area (TPSA) is 73.1 Å². The molecule has 1 aliphatic rings. The van der Waals surface area contributed by atoms with Crippen molar-refractivity contribution in [2.24, 2.45) is 5.41 Å². The highest BCUT2D eigenvalue weighted by Gasteiger charge is 2.39. The van der Waals surface area contributed by atoms with E-state index in [-0.39, 0.29) is 0 Å². The van der Waals surface area contributed by atoms with E-state index < -0.39 is 11.4 Å². The molecule has 0 spiro atoms. The van der Waals surface area contributed by atoms with Crippen LogP contribution in [-0.4, -0.2) is 17.6 Å². The second kappa shape index (κ2) is 6.15. The smallest absolute Gasteiger partial charge is 0.311 e. The van der Waals surface area contributed by atoms with E-state index in [0.717, 1.165) is 19.3 Å². The summed E-state index contributed by atoms with van der Waals surface area (Å²) in [4.78, 5) is 11.6. The normalized spacial score (nSPS) is 17.2. The van der Waals surface area contributed by atoms with Gasteiger partial charge >= 0.3 is 5.97 Å². The molecule has 1 aliphatic carbocycles. The van der Waals surface area contributed by atoms with Crippen LogP contribution in [0.4, 0.5) is 5.69 Å². The lowest BCUT2D eigenvalue weighted by atomic mass is 9.74. The largest absolute Gasteiger partial charge is 0.481 e. The number of carboxylic acid groups (broad SMARTS) is 1. The van der Waals surface area contributed by atoms with Crippen molar-refractivity contribution in [2.75, 3.05) is 11.9 Å². The van der Waals surface area contributed by atoms with Gasteiger partial charge in [-0.1, -0.05) is 30.9 Å². The highest BCUT2D eigenvalue weighted by Crippen LogP contribution is 2.37. The predicted octanol–water partition coefficient (Wildman–Crippen LogP) is 3.66. The summed E-state index contributed by atoms with van der Waals surface area (Å²) in [5.41, 5.74) is 0.471. The molecule has 1 aromatic rings. The lowest BCUT2D eigenvalue weighted by Crippen LogP contribution is -2.39. The number of halogens is 1. The first-order chi connectivity index (χ1) is 9.57. The molecule has 0 saturated heterocycles. The predicted molar refractivity (Wildman–Crippen MR) is 77.8 cm³/mol. The number of rotatable bonds is 4. The van der Waals surface area contributed by atoms with E-state index >= 15 is 0 Å². The van der Waals surface area contributed by atoms with Gasteiger partial charge in [0.15, 0.2) is 0 Å². The Hall–Kier alpha value is -1.73. The van der Waals surface area contributed by atoms with E-state index in [2.05, 4.69) is 5.32 Å². The molecule has 20 heavy (non-hydrogen) atoms. The minimum Gasteiger partial charge on any atom is -0.481 e. The number of carboxylic acids is 1. The van der Waals surface area contributed by atoms with Crippen molar-refractivity contribution in [3.63, 3.8) is 0 Å². The monoisotopic (exact) mass is 292 g/mol. The van der Waals surface area contributed by atoms with Crippen LogP contribution < -0.4 is 5.32 Å². The van der Waals surface area contributed by atoms with Crippen molar-refractivity contribution in [3.8, 4) is 6.07 Å². The Labute approximate surface area is 123 Å². The van der Waals surface area contributed by atoms with E-state index in [4.69, 9.17) is 16.9 Å². The zero-order valence-corrected chi connectivity index (χ0v) is 11.9. The molecule has 0 bridgehead atoms. The molecule has 0 atom stereocenters. The lowest BCUT2D eigenvalue weighted by molar-refractivity contribution is -0.150. The van der Waals surface area contributed by atoms with E-state index in [1.807, 2.05) is 6.07 Å². The van der Waals surface area contributed by atoms with Crippen LogP contribution in [0.5, 0.6) is 0 Å². The molecule has 1 fully saturated rings. The fourth-order valence-electron chi connectivity index (χ4n) is 2.69. The Morgan fingerprint density at radius 1 is 1.40 bits per heavy atom. The molecule has 2 N–H and O–H groups in total. The molecule has 0 radical (unpaired) electrons.